The number of allylic oxidation sites excluding steroid dienone is 6. The van der Waals surface area contributed by atoms with Gasteiger partial charge in [-0.25, -0.2) is 4.79 Å². The Labute approximate surface area is 172 Å². The van der Waals surface area contributed by atoms with Gasteiger partial charge in [0.2, 0.25) is 17.2 Å². The van der Waals surface area contributed by atoms with Crippen LogP contribution in [0.3, 0.4) is 0 Å². The lowest BCUT2D eigenvalue weighted by Gasteiger charge is -2.31. The molecule has 0 fully saturated rings. The molecule has 0 aromatic rings. The van der Waals surface area contributed by atoms with Crippen LogP contribution in [-0.4, -0.2) is 23.1 Å². The molecule has 0 saturated heterocycles. The van der Waals surface area contributed by atoms with Gasteiger partial charge in [-0.1, -0.05) is 51.0 Å². The van der Waals surface area contributed by atoms with Gasteiger partial charge in [0, 0.05) is 6.08 Å². The van der Waals surface area contributed by atoms with Gasteiger partial charge in [0.25, 0.3) is 0 Å². The van der Waals surface area contributed by atoms with Crippen molar-refractivity contribution in [2.75, 3.05) is 0 Å². The fourth-order valence-electron chi connectivity index (χ4n) is 3.16. The van der Waals surface area contributed by atoms with Gasteiger partial charge in [0.15, 0.2) is 0 Å². The molecule has 1 heterocycles. The summed E-state index contributed by atoms with van der Waals surface area (Å²) in [7, 11) is 0. The van der Waals surface area contributed by atoms with Gasteiger partial charge in [0.1, 0.15) is 12.0 Å². The first-order chi connectivity index (χ1) is 13.7. The Morgan fingerprint density at radius 2 is 2.03 bits per heavy atom. The molecule has 1 aliphatic heterocycles. The third-order valence-corrected chi connectivity index (χ3v) is 4.90. The molecule has 0 unspecified atom stereocenters. The number of hydrogen-bond acceptors (Lipinski definition) is 5. The zero-order valence-corrected chi connectivity index (χ0v) is 17.5. The van der Waals surface area contributed by atoms with Gasteiger partial charge in [-0.05, 0) is 50.0 Å². The molecule has 1 aliphatic carbocycles. The Morgan fingerprint density at radius 3 is 2.69 bits per heavy atom. The average Bonchev–Trinajstić information content (AvgIpc) is 2.69. The first-order valence-electron chi connectivity index (χ1n) is 9.83. The van der Waals surface area contributed by atoms with E-state index in [1.165, 1.54) is 31.4 Å². The minimum absolute atomic E-state index is 0.190. The average molecular weight is 396 g/mol. The van der Waals surface area contributed by atoms with Crippen molar-refractivity contribution in [2.45, 2.75) is 52.6 Å². The number of ether oxygens (including phenoxy) is 2. The van der Waals surface area contributed by atoms with E-state index < -0.39 is 23.1 Å². The van der Waals surface area contributed by atoms with E-state index in [-0.39, 0.29) is 5.57 Å². The highest BCUT2D eigenvalue weighted by molar-refractivity contribution is 6.26. The van der Waals surface area contributed by atoms with Crippen LogP contribution in [0.15, 0.2) is 71.8 Å². The second kappa shape index (κ2) is 9.50. The van der Waals surface area contributed by atoms with E-state index in [0.29, 0.717) is 17.3 Å². The van der Waals surface area contributed by atoms with Crippen molar-refractivity contribution in [2.24, 2.45) is 5.92 Å². The van der Waals surface area contributed by atoms with E-state index in [4.69, 9.17) is 9.47 Å². The van der Waals surface area contributed by atoms with Crippen molar-refractivity contribution in [3.05, 3.63) is 71.8 Å². The van der Waals surface area contributed by atoms with Crippen molar-refractivity contribution in [1.29, 1.82) is 0 Å². The molecule has 5 heteroatoms. The Balaban J connectivity index is 2.12. The number of unbranched alkanes of at least 4 members (excludes halogenated alkanes) is 1. The van der Waals surface area contributed by atoms with Crippen LogP contribution in [0.25, 0.3) is 0 Å². The van der Waals surface area contributed by atoms with Crippen LogP contribution in [0.1, 0.15) is 47.0 Å². The highest BCUT2D eigenvalue weighted by Crippen LogP contribution is 2.33. The summed E-state index contributed by atoms with van der Waals surface area (Å²) < 4.78 is 10.6. The van der Waals surface area contributed by atoms with Crippen LogP contribution < -0.4 is 0 Å². The third kappa shape index (κ3) is 5.31. The van der Waals surface area contributed by atoms with Crippen LogP contribution in [-0.2, 0) is 23.9 Å². The quantitative estimate of drug-likeness (QED) is 0.258. The molecule has 0 radical (unpaired) electrons. The van der Waals surface area contributed by atoms with Crippen LogP contribution in [0, 0.1) is 5.92 Å². The summed E-state index contributed by atoms with van der Waals surface area (Å²) in [5.41, 5.74) is -0.379. The number of fused-ring (bicyclic) bond motifs is 1. The number of hydrogen-bond donors (Lipinski definition) is 0. The molecule has 2 aliphatic rings. The fraction of sp³-hybridized carbons (Fsp3) is 0.375. The molecule has 0 saturated carbocycles. The van der Waals surface area contributed by atoms with E-state index in [9.17, 15) is 14.4 Å². The topological polar surface area (TPSA) is 69.7 Å². The number of Topliss-reactive ketones (excluding diaryl/α,β-unsaturated/α-hetero) is 1. The molecule has 2 rings (SSSR count). The first-order valence-corrected chi connectivity index (χ1v) is 9.83. The lowest BCUT2D eigenvalue weighted by molar-refractivity contribution is -0.165. The van der Waals surface area contributed by atoms with Gasteiger partial charge in [-0.15, -0.1) is 0 Å². The highest BCUT2D eigenvalue weighted by atomic mass is 16.6. The minimum atomic E-state index is -1.91. The van der Waals surface area contributed by atoms with Gasteiger partial charge in [0.05, 0.1) is 5.57 Å². The lowest BCUT2D eigenvalue weighted by Crippen LogP contribution is -2.50. The molecule has 5 nitrogen and oxygen atoms in total. The molecule has 0 aromatic carbocycles. The number of carbonyl (C=O) groups excluding carboxylic acids is 3. The molecule has 0 amide bonds. The second-order valence-electron chi connectivity index (χ2n) is 7.51. The van der Waals surface area contributed by atoms with Crippen molar-refractivity contribution in [3.8, 4) is 0 Å². The smallest absolute Gasteiger partial charge is 0.332 e. The number of ketones is 2. The van der Waals surface area contributed by atoms with Crippen LogP contribution in [0.2, 0.25) is 0 Å². The van der Waals surface area contributed by atoms with E-state index in [0.717, 1.165) is 24.8 Å². The zero-order chi connectivity index (χ0) is 21.6. The molecule has 0 N–H and O–H groups in total. The number of esters is 1. The molecule has 0 spiro atoms. The maximum atomic E-state index is 12.8. The van der Waals surface area contributed by atoms with Gasteiger partial charge < -0.3 is 9.47 Å². The highest BCUT2D eigenvalue weighted by Gasteiger charge is 2.49. The number of carbonyl (C=O) groups is 3. The van der Waals surface area contributed by atoms with Crippen LogP contribution in [0.5, 0.6) is 0 Å². The summed E-state index contributed by atoms with van der Waals surface area (Å²) in [6.45, 7) is 11.1. The van der Waals surface area contributed by atoms with Gasteiger partial charge in [-0.3, -0.25) is 9.59 Å². The SMILES string of the molecule is C=CC1=CC2=CC(=O)[C@](C)(OC(=O)/C=C/C(C)=C/[C@@H](C)CCCC)C(=O)C2=CO1. The summed E-state index contributed by atoms with van der Waals surface area (Å²) >= 11 is 0. The maximum absolute atomic E-state index is 12.8. The summed E-state index contributed by atoms with van der Waals surface area (Å²) in [5, 5.41) is 0. The summed E-state index contributed by atoms with van der Waals surface area (Å²) in [6, 6.07) is 0. The number of rotatable bonds is 8. The normalized spacial score (nSPS) is 22.9. The maximum Gasteiger partial charge on any atom is 0.332 e. The molecular weight excluding hydrogens is 368 g/mol. The van der Waals surface area contributed by atoms with Gasteiger partial charge >= 0.3 is 5.97 Å². The zero-order valence-electron chi connectivity index (χ0n) is 17.5. The fourth-order valence-corrected chi connectivity index (χ4v) is 3.16. The minimum Gasteiger partial charge on any atom is -0.464 e. The summed E-state index contributed by atoms with van der Waals surface area (Å²) in [4.78, 5) is 37.7. The van der Waals surface area contributed by atoms with Crippen molar-refractivity contribution < 1.29 is 23.9 Å². The van der Waals surface area contributed by atoms with Crippen molar-refractivity contribution in [1.82, 2.24) is 0 Å². The van der Waals surface area contributed by atoms with Crippen LogP contribution >= 0.6 is 0 Å². The molecule has 0 bridgehead atoms. The predicted molar refractivity (Wildman–Crippen MR) is 112 cm³/mol. The van der Waals surface area contributed by atoms with E-state index >= 15 is 0 Å². The summed E-state index contributed by atoms with van der Waals surface area (Å²) in [5.74, 6) is -1.11. The standard InChI is InChI=1S/C24H28O5/c1-6-8-9-16(3)12-17(4)10-11-22(26)29-24(5)21(25)14-18-13-19(7-2)28-15-20(18)23(24)27/h7,10-16H,2,6,8-9H2,1,3-5H3/b11-10+,17-12+/t16-,24-/m0/s1. The summed E-state index contributed by atoms with van der Waals surface area (Å²) in [6.07, 6.45) is 13.9. The van der Waals surface area contributed by atoms with E-state index in [2.05, 4.69) is 26.5 Å². The monoisotopic (exact) mass is 396 g/mol. The molecule has 29 heavy (non-hydrogen) atoms. The van der Waals surface area contributed by atoms with Gasteiger partial charge in [-0.2, -0.15) is 0 Å². The molecule has 2 atom stereocenters. The largest absolute Gasteiger partial charge is 0.464 e. The second-order valence-corrected chi connectivity index (χ2v) is 7.51. The van der Waals surface area contributed by atoms with E-state index in [1.807, 2.05) is 6.92 Å². The molecule has 154 valence electrons. The van der Waals surface area contributed by atoms with Crippen molar-refractivity contribution >= 4 is 17.5 Å². The Morgan fingerprint density at radius 1 is 1.31 bits per heavy atom. The Bertz CT molecular complexity index is 866. The Hall–Kier alpha value is -2.95. The Kier molecular flexibility index (Phi) is 7.32. The predicted octanol–water partition coefficient (Wildman–Crippen LogP) is 4.68. The first kappa shape index (κ1) is 22.3. The third-order valence-electron chi connectivity index (χ3n) is 4.90. The van der Waals surface area contributed by atoms with E-state index in [1.54, 1.807) is 12.2 Å². The lowest BCUT2D eigenvalue weighted by atomic mass is 9.80. The van der Waals surface area contributed by atoms with Crippen LogP contribution in [0.4, 0.5) is 0 Å². The van der Waals surface area contributed by atoms with Crippen molar-refractivity contribution in [3.63, 3.8) is 0 Å². The molecule has 0 aromatic heterocycles. The molecular formula is C24H28O5.